The highest BCUT2D eigenvalue weighted by Gasteiger charge is 1.37. The SMILES string of the molecule is C.C.C.C.C.C.C.C.C.C.CCC.CCC.CCC.CCC.CCC.CCC. The molecule has 0 radical (unpaired) electrons. The first-order chi connectivity index (χ1) is 8.49. The van der Waals surface area contributed by atoms with E-state index in [1.54, 1.807) is 0 Å². The Balaban J connectivity index is -0.00000000411. The number of rotatable bonds is 0. The number of hydrogen-bond donors (Lipinski definition) is 0. The molecule has 0 aliphatic carbocycles. The smallest absolute Gasteiger partial charge is 0.0590 e. The minimum absolute atomic E-state index is 0. The third-order valence-corrected chi connectivity index (χ3v) is 0. The van der Waals surface area contributed by atoms with Gasteiger partial charge in [-0.2, -0.15) is 0 Å². The van der Waals surface area contributed by atoms with Crippen molar-refractivity contribution in [3.63, 3.8) is 0 Å². The van der Waals surface area contributed by atoms with Crippen LogP contribution in [0.25, 0.3) is 0 Å². The molecule has 0 saturated heterocycles. The Kier molecular flexibility index (Phi) is 2570. The summed E-state index contributed by atoms with van der Waals surface area (Å²) in [5, 5.41) is 0. The fourth-order valence-corrected chi connectivity index (χ4v) is 0. The van der Waals surface area contributed by atoms with Crippen LogP contribution in [0.5, 0.6) is 0 Å². The molecule has 0 unspecified atom stereocenters. The van der Waals surface area contributed by atoms with E-state index in [9.17, 15) is 0 Å². The summed E-state index contributed by atoms with van der Waals surface area (Å²) in [5.41, 5.74) is 0. The normalized spacial score (nSPS) is 3.86. The van der Waals surface area contributed by atoms with Crippen LogP contribution in [0.15, 0.2) is 0 Å². The molecule has 0 aliphatic heterocycles. The van der Waals surface area contributed by atoms with Crippen molar-refractivity contribution >= 4 is 0 Å². The third-order valence-electron chi connectivity index (χ3n) is 0. The van der Waals surface area contributed by atoms with Gasteiger partial charge < -0.3 is 0 Å². The zero-order valence-corrected chi connectivity index (χ0v) is 16.2. The minimum atomic E-state index is 0. The summed E-state index contributed by atoms with van der Waals surface area (Å²) < 4.78 is 0. The fraction of sp³-hybridized carbons (Fsp3) is 1.00. The van der Waals surface area contributed by atoms with Crippen LogP contribution >= 0.6 is 0 Å². The van der Waals surface area contributed by atoms with E-state index in [1.807, 2.05) is 0 Å². The Morgan fingerprint density at radius 3 is 0.179 bits per heavy atom. The lowest BCUT2D eigenvalue weighted by Crippen LogP contribution is -1.27. The molecule has 0 aromatic heterocycles. The first kappa shape index (κ1) is 142. The molecule has 0 saturated carbocycles. The quantitative estimate of drug-likeness (QED) is 0.362. The molecular weight excluding hydrogens is 336 g/mol. The first-order valence-electron chi connectivity index (χ1n) is 8.49. The van der Waals surface area contributed by atoms with Gasteiger partial charge >= 0.3 is 0 Å². The lowest BCUT2D eigenvalue weighted by molar-refractivity contribution is 1.09. The van der Waals surface area contributed by atoms with E-state index in [0.29, 0.717) is 0 Å². The molecule has 0 amide bonds. The Labute approximate surface area is 196 Å². The van der Waals surface area contributed by atoms with Crippen LogP contribution in [0.4, 0.5) is 0 Å². The van der Waals surface area contributed by atoms with Crippen molar-refractivity contribution in [2.45, 2.75) is 196 Å². The second kappa shape index (κ2) is 507. The van der Waals surface area contributed by atoms with Gasteiger partial charge in [0.25, 0.3) is 0 Å². The van der Waals surface area contributed by atoms with Gasteiger partial charge in [-0.1, -0.05) is 196 Å². The Morgan fingerprint density at radius 1 is 0.179 bits per heavy atom. The molecule has 200 valence electrons. The maximum absolute atomic E-state index is 2.12. The average molecular weight is 425 g/mol. The fourth-order valence-electron chi connectivity index (χ4n) is 0. The monoisotopic (exact) mass is 425 g/mol. The summed E-state index contributed by atoms with van der Waals surface area (Å²) in [6.45, 7) is 25.5. The van der Waals surface area contributed by atoms with Gasteiger partial charge in [0.2, 0.25) is 0 Å². The molecule has 0 N–H and O–H groups in total. The van der Waals surface area contributed by atoms with Crippen molar-refractivity contribution in [2.24, 2.45) is 0 Å². The van der Waals surface area contributed by atoms with E-state index in [1.165, 1.54) is 38.5 Å². The minimum Gasteiger partial charge on any atom is -0.0776 e. The van der Waals surface area contributed by atoms with Crippen LogP contribution in [-0.2, 0) is 0 Å². The summed E-state index contributed by atoms with van der Waals surface area (Å²) in [5.74, 6) is 0. The summed E-state index contributed by atoms with van der Waals surface area (Å²) in [4.78, 5) is 0. The molecule has 0 atom stereocenters. The molecular formula is C28H88. The van der Waals surface area contributed by atoms with Crippen molar-refractivity contribution < 1.29 is 0 Å². The predicted octanol–water partition coefficient (Wildman–Crippen LogP) is 14.9. The molecule has 0 aromatic carbocycles. The third kappa shape index (κ3) is 0. The number of hydrogen-bond acceptors (Lipinski definition) is 0. The van der Waals surface area contributed by atoms with E-state index in [4.69, 9.17) is 0 Å². The van der Waals surface area contributed by atoms with Crippen molar-refractivity contribution in [2.75, 3.05) is 0 Å². The maximum Gasteiger partial charge on any atom is -0.0590 e. The van der Waals surface area contributed by atoms with Crippen LogP contribution < -0.4 is 0 Å². The van der Waals surface area contributed by atoms with Crippen LogP contribution in [-0.4, -0.2) is 0 Å². The highest BCUT2D eigenvalue weighted by Crippen LogP contribution is 1.57. The molecule has 0 spiro atoms. The van der Waals surface area contributed by atoms with Crippen molar-refractivity contribution in [3.05, 3.63) is 0 Å². The highest BCUT2D eigenvalue weighted by molar-refractivity contribution is 3.93. The Morgan fingerprint density at radius 2 is 0.179 bits per heavy atom. The van der Waals surface area contributed by atoms with Gasteiger partial charge in [-0.05, 0) is 0 Å². The van der Waals surface area contributed by atoms with E-state index in [0.717, 1.165) is 0 Å². The summed E-state index contributed by atoms with van der Waals surface area (Å²) in [6.07, 6.45) is 7.50. The zero-order valence-electron chi connectivity index (χ0n) is 16.2. The summed E-state index contributed by atoms with van der Waals surface area (Å²) in [7, 11) is 0. The van der Waals surface area contributed by atoms with E-state index >= 15 is 0 Å². The van der Waals surface area contributed by atoms with E-state index in [2.05, 4.69) is 83.1 Å². The van der Waals surface area contributed by atoms with E-state index in [-0.39, 0.29) is 74.3 Å². The zero-order chi connectivity index (χ0) is 16.2. The molecule has 0 heterocycles. The molecule has 0 heteroatoms. The summed E-state index contributed by atoms with van der Waals surface area (Å²) >= 11 is 0. The standard InChI is InChI=1S/6C3H8.10CH4/c6*1-3-2;;;;;;;;;;/h6*3H2,1-2H3;10*1H4. The largest absolute Gasteiger partial charge is 0.0776 e. The van der Waals surface area contributed by atoms with Gasteiger partial charge in [0.15, 0.2) is 0 Å². The molecule has 0 bridgehead atoms. The van der Waals surface area contributed by atoms with Crippen LogP contribution in [0.3, 0.4) is 0 Å². The van der Waals surface area contributed by atoms with Gasteiger partial charge in [0, 0.05) is 0 Å². The first-order valence-corrected chi connectivity index (χ1v) is 8.49. The van der Waals surface area contributed by atoms with Crippen molar-refractivity contribution in [3.8, 4) is 0 Å². The molecule has 0 nitrogen and oxygen atoms in total. The summed E-state index contributed by atoms with van der Waals surface area (Å²) in [6, 6.07) is 0. The van der Waals surface area contributed by atoms with Crippen LogP contribution in [0.1, 0.15) is 196 Å². The Bertz CT molecular complexity index is 15.5. The topological polar surface area (TPSA) is 0 Å². The molecule has 0 fully saturated rings. The lowest BCUT2D eigenvalue weighted by Gasteiger charge is -1.48. The Hall–Kier alpha value is 0. The van der Waals surface area contributed by atoms with Crippen LogP contribution in [0.2, 0.25) is 0 Å². The molecule has 0 aromatic rings. The van der Waals surface area contributed by atoms with Crippen molar-refractivity contribution in [1.29, 1.82) is 0 Å². The predicted molar refractivity (Wildman–Crippen MR) is 163 cm³/mol. The molecule has 0 aliphatic rings. The van der Waals surface area contributed by atoms with Gasteiger partial charge in [0.1, 0.15) is 0 Å². The van der Waals surface area contributed by atoms with Gasteiger partial charge in [-0.3, -0.25) is 0 Å². The second-order valence-corrected chi connectivity index (χ2v) is 4.24. The second-order valence-electron chi connectivity index (χ2n) is 4.24. The highest BCUT2D eigenvalue weighted by atomic mass is 13.4. The van der Waals surface area contributed by atoms with Gasteiger partial charge in [-0.15, -0.1) is 0 Å². The lowest BCUT2D eigenvalue weighted by atomic mass is 10.6. The molecule has 0 rings (SSSR count). The van der Waals surface area contributed by atoms with Crippen LogP contribution in [0, 0.1) is 0 Å². The molecule has 28 heavy (non-hydrogen) atoms. The van der Waals surface area contributed by atoms with Crippen molar-refractivity contribution in [1.82, 2.24) is 0 Å². The van der Waals surface area contributed by atoms with Gasteiger partial charge in [-0.25, -0.2) is 0 Å². The maximum atomic E-state index is 2.12. The van der Waals surface area contributed by atoms with Gasteiger partial charge in [0.05, 0.1) is 0 Å². The van der Waals surface area contributed by atoms with E-state index < -0.39 is 0 Å². The average Bonchev–Trinajstić information content (AvgIpc) is 2.23.